The van der Waals surface area contributed by atoms with Gasteiger partial charge in [-0.15, -0.1) is 0 Å². The lowest BCUT2D eigenvalue weighted by Gasteiger charge is -2.22. The van der Waals surface area contributed by atoms with E-state index < -0.39 is 18.1 Å². The fourth-order valence-electron chi connectivity index (χ4n) is 1.74. The third kappa shape index (κ3) is 8.54. The number of rotatable bonds is 12. The summed E-state index contributed by atoms with van der Waals surface area (Å²) in [5.74, 6) is -0.577. The zero-order chi connectivity index (χ0) is 16.3. The molecular weight excluding hydrogens is 278 g/mol. The first-order valence-electron chi connectivity index (χ1n) is 7.01. The Hall–Kier alpha value is -1.31. The lowest BCUT2D eigenvalue weighted by atomic mass is 10.0. The third-order valence-electron chi connectivity index (χ3n) is 3.00. The summed E-state index contributed by atoms with van der Waals surface area (Å²) in [7, 11) is 2.61. The van der Waals surface area contributed by atoms with Crippen LogP contribution in [0.15, 0.2) is 0 Å². The molecule has 0 saturated carbocycles. The molecule has 0 aromatic rings. The Morgan fingerprint density at radius 3 is 2.05 bits per heavy atom. The van der Waals surface area contributed by atoms with Gasteiger partial charge in [0.2, 0.25) is 0 Å². The van der Waals surface area contributed by atoms with Gasteiger partial charge in [0.25, 0.3) is 0 Å². The molecule has 7 heteroatoms. The molecule has 0 bridgehead atoms. The van der Waals surface area contributed by atoms with Gasteiger partial charge in [0.15, 0.2) is 0 Å². The molecule has 0 aliphatic carbocycles. The molecule has 0 saturated heterocycles. The van der Waals surface area contributed by atoms with Crippen LogP contribution in [-0.2, 0) is 28.9 Å². The van der Waals surface area contributed by atoms with E-state index >= 15 is 0 Å². The van der Waals surface area contributed by atoms with Crippen molar-refractivity contribution in [2.24, 2.45) is 0 Å². The minimum atomic E-state index is -0.794. The van der Waals surface area contributed by atoms with Crippen LogP contribution < -0.4 is 5.32 Å². The Balaban J connectivity index is 4.78. The zero-order valence-electron chi connectivity index (χ0n) is 13.1. The SMILES string of the molecule is CCC(=O)CC(COOC)NC(CC(=O)CC)C(=O)OC. The number of carbonyl (C=O) groups is 3. The predicted octanol–water partition coefficient (Wildman–Crippen LogP) is 0.803. The van der Waals surface area contributed by atoms with Crippen molar-refractivity contribution < 1.29 is 28.9 Å². The van der Waals surface area contributed by atoms with E-state index in [0.29, 0.717) is 12.8 Å². The van der Waals surface area contributed by atoms with Crippen molar-refractivity contribution in [2.45, 2.75) is 51.6 Å². The van der Waals surface area contributed by atoms with Gasteiger partial charge in [-0.3, -0.25) is 19.7 Å². The van der Waals surface area contributed by atoms with Crippen LogP contribution in [0.3, 0.4) is 0 Å². The van der Waals surface area contributed by atoms with Gasteiger partial charge < -0.3 is 4.74 Å². The van der Waals surface area contributed by atoms with E-state index in [9.17, 15) is 14.4 Å². The summed E-state index contributed by atoms with van der Waals surface area (Å²) < 4.78 is 4.68. The van der Waals surface area contributed by atoms with Gasteiger partial charge in [-0.1, -0.05) is 13.8 Å². The first-order chi connectivity index (χ1) is 9.98. The number of hydrogen-bond donors (Lipinski definition) is 1. The standard InChI is InChI=1S/C14H25NO6/c1-5-11(16)7-10(9-21-20-4)15-13(14(18)19-3)8-12(17)6-2/h10,13,15H,5-9H2,1-4H3. The summed E-state index contributed by atoms with van der Waals surface area (Å²) in [4.78, 5) is 44.2. The van der Waals surface area contributed by atoms with E-state index in [1.165, 1.54) is 14.2 Å². The van der Waals surface area contributed by atoms with Crippen molar-refractivity contribution in [3.8, 4) is 0 Å². The lowest BCUT2D eigenvalue weighted by Crippen LogP contribution is -2.47. The van der Waals surface area contributed by atoms with Crippen molar-refractivity contribution in [2.75, 3.05) is 20.8 Å². The van der Waals surface area contributed by atoms with Crippen LogP contribution in [0.2, 0.25) is 0 Å². The fraction of sp³-hybridized carbons (Fsp3) is 0.786. The van der Waals surface area contributed by atoms with Crippen LogP contribution in [0.5, 0.6) is 0 Å². The molecule has 0 radical (unpaired) electrons. The summed E-state index contributed by atoms with van der Waals surface area (Å²) in [5, 5.41) is 2.95. The summed E-state index contributed by atoms with van der Waals surface area (Å²) >= 11 is 0. The van der Waals surface area contributed by atoms with Gasteiger partial charge in [0.1, 0.15) is 17.6 Å². The van der Waals surface area contributed by atoms with Gasteiger partial charge in [-0.2, -0.15) is 0 Å². The molecule has 0 aliphatic heterocycles. The molecule has 0 aromatic heterocycles. The number of nitrogens with one attached hydrogen (secondary N) is 1. The van der Waals surface area contributed by atoms with Gasteiger partial charge in [-0.25, -0.2) is 9.78 Å². The van der Waals surface area contributed by atoms with Crippen LogP contribution in [0.1, 0.15) is 39.5 Å². The maximum Gasteiger partial charge on any atom is 0.323 e. The zero-order valence-corrected chi connectivity index (χ0v) is 13.1. The highest BCUT2D eigenvalue weighted by molar-refractivity contribution is 5.86. The maximum atomic E-state index is 11.7. The second-order valence-corrected chi connectivity index (χ2v) is 4.58. The first-order valence-corrected chi connectivity index (χ1v) is 7.01. The Morgan fingerprint density at radius 2 is 1.57 bits per heavy atom. The highest BCUT2D eigenvalue weighted by Gasteiger charge is 2.26. The average Bonchev–Trinajstić information content (AvgIpc) is 2.50. The molecule has 1 N–H and O–H groups in total. The molecule has 0 amide bonds. The number of esters is 1. The van der Waals surface area contributed by atoms with Crippen molar-refractivity contribution in [1.82, 2.24) is 5.32 Å². The Morgan fingerprint density at radius 1 is 1.00 bits per heavy atom. The molecule has 0 heterocycles. The molecule has 0 fully saturated rings. The minimum absolute atomic E-state index is 0.0208. The smallest absolute Gasteiger partial charge is 0.323 e. The van der Waals surface area contributed by atoms with E-state index in [1.54, 1.807) is 13.8 Å². The molecule has 0 spiro atoms. The van der Waals surface area contributed by atoms with Gasteiger partial charge >= 0.3 is 5.97 Å². The largest absolute Gasteiger partial charge is 0.468 e. The van der Waals surface area contributed by atoms with Crippen molar-refractivity contribution in [1.29, 1.82) is 0 Å². The highest BCUT2D eigenvalue weighted by Crippen LogP contribution is 2.05. The first kappa shape index (κ1) is 19.7. The van der Waals surface area contributed by atoms with Gasteiger partial charge in [-0.05, 0) is 0 Å². The molecule has 21 heavy (non-hydrogen) atoms. The quantitative estimate of drug-likeness (QED) is 0.324. The Labute approximate surface area is 125 Å². The molecule has 0 aromatic carbocycles. The number of hydrogen-bond acceptors (Lipinski definition) is 7. The maximum absolute atomic E-state index is 11.7. The monoisotopic (exact) mass is 303 g/mol. The lowest BCUT2D eigenvalue weighted by molar-refractivity contribution is -0.276. The number of ether oxygens (including phenoxy) is 1. The Bertz CT molecular complexity index is 344. The average molecular weight is 303 g/mol. The highest BCUT2D eigenvalue weighted by atomic mass is 17.2. The molecule has 7 nitrogen and oxygen atoms in total. The second kappa shape index (κ2) is 11.4. The van der Waals surface area contributed by atoms with Crippen LogP contribution >= 0.6 is 0 Å². The van der Waals surface area contributed by atoms with Crippen LogP contribution in [0, 0.1) is 0 Å². The van der Waals surface area contributed by atoms with Gasteiger partial charge in [0.05, 0.1) is 20.8 Å². The van der Waals surface area contributed by atoms with E-state index in [2.05, 4.69) is 14.9 Å². The number of methoxy groups -OCH3 is 1. The summed E-state index contributed by atoms with van der Waals surface area (Å²) in [5.41, 5.74) is 0. The molecule has 2 unspecified atom stereocenters. The summed E-state index contributed by atoms with van der Waals surface area (Å²) in [6.45, 7) is 3.58. The number of Topliss-reactive ketones (excluding diaryl/α,β-unsaturated/α-hetero) is 2. The summed E-state index contributed by atoms with van der Waals surface area (Å²) in [6, 6.07) is -1.22. The topological polar surface area (TPSA) is 90.9 Å². The van der Waals surface area contributed by atoms with Crippen molar-refractivity contribution in [3.63, 3.8) is 0 Å². The predicted molar refractivity (Wildman–Crippen MR) is 75.5 cm³/mol. The number of ketones is 2. The van der Waals surface area contributed by atoms with Gasteiger partial charge in [0, 0.05) is 31.7 Å². The summed E-state index contributed by atoms with van der Waals surface area (Å²) in [6.07, 6.45) is 0.935. The molecule has 0 aliphatic rings. The van der Waals surface area contributed by atoms with Crippen LogP contribution in [-0.4, -0.2) is 50.4 Å². The van der Waals surface area contributed by atoms with Crippen LogP contribution in [0.4, 0.5) is 0 Å². The van der Waals surface area contributed by atoms with E-state index in [0.717, 1.165) is 0 Å². The Kier molecular flexibility index (Phi) is 10.7. The third-order valence-corrected chi connectivity index (χ3v) is 3.00. The van der Waals surface area contributed by atoms with Crippen LogP contribution in [0.25, 0.3) is 0 Å². The number of carbonyl (C=O) groups excluding carboxylic acids is 3. The van der Waals surface area contributed by atoms with E-state index in [-0.39, 0.29) is 31.0 Å². The van der Waals surface area contributed by atoms with Crippen molar-refractivity contribution in [3.05, 3.63) is 0 Å². The normalized spacial score (nSPS) is 13.5. The fourth-order valence-corrected chi connectivity index (χ4v) is 1.74. The second-order valence-electron chi connectivity index (χ2n) is 4.58. The minimum Gasteiger partial charge on any atom is -0.468 e. The molecular formula is C14H25NO6. The molecule has 0 rings (SSSR count). The van der Waals surface area contributed by atoms with E-state index in [1.807, 2.05) is 0 Å². The molecule has 2 atom stereocenters. The molecule has 122 valence electrons. The van der Waals surface area contributed by atoms with E-state index in [4.69, 9.17) is 4.89 Å². The van der Waals surface area contributed by atoms with Crippen molar-refractivity contribution >= 4 is 17.5 Å².